The highest BCUT2D eigenvalue weighted by molar-refractivity contribution is 7.99. The van der Waals surface area contributed by atoms with E-state index in [1.165, 1.54) is 54.7 Å². The summed E-state index contributed by atoms with van der Waals surface area (Å²) in [6.07, 6.45) is 1.34. The SMILES string of the molecule is C.CC(=O)C[C@H](CO)NC(=O)OCC1c2ccccc2-c2ccccc21.CC(C)(C)OC(=O)C1CCN(CC[C@@H](N)CSc2ccccc2F)CC1.CCOC(=O)Cl.ClCCCl.Fc1ccccc1S.N.O.O=C(O)C[C@H](CSc1ccccc1F)NC(=O)OCC1c2ccccc2-c2ccccc21.O=CC[C@H](CSc1ccccc1F)NC(=O)OCC1c2ccccc2-c2ccccc21.P. The Hall–Kier alpha value is -10.0. The quantitative estimate of drug-likeness (QED) is 0.00230. The lowest BCUT2D eigenvalue weighted by Gasteiger charge is -2.32. The van der Waals surface area contributed by atoms with Gasteiger partial charge >= 0.3 is 35.6 Å². The molecule has 3 amide bonds. The minimum absolute atomic E-state index is 0. The second-order valence-corrected chi connectivity index (χ2v) is 36.2. The van der Waals surface area contributed by atoms with Gasteiger partial charge in [-0.3, -0.25) is 14.4 Å². The zero-order valence-electron chi connectivity index (χ0n) is 75.7. The predicted molar refractivity (Wildman–Crippen MR) is 545 cm³/mol. The average molecular weight is 2030 g/mol. The minimum Gasteiger partial charge on any atom is -0.481 e. The average Bonchev–Trinajstić information content (AvgIpc) is 1.63. The zero-order chi connectivity index (χ0) is 95.5. The highest BCUT2D eigenvalue weighted by Gasteiger charge is 2.34. The van der Waals surface area contributed by atoms with E-state index >= 15 is 0 Å². The Morgan fingerprint density at radius 2 is 0.838 bits per heavy atom. The van der Waals surface area contributed by atoms with Gasteiger partial charge in [-0.2, -0.15) is 9.90 Å². The molecule has 10 aromatic carbocycles. The number of benzene rings is 10. The number of ether oxygens (including phenoxy) is 5. The van der Waals surface area contributed by atoms with Crippen molar-refractivity contribution in [2.45, 2.75) is 148 Å². The second-order valence-electron chi connectivity index (χ2n) is 31.5. The van der Waals surface area contributed by atoms with Gasteiger partial charge in [-0.25, -0.2) is 36.7 Å². The van der Waals surface area contributed by atoms with E-state index < -0.39 is 53.4 Å². The summed E-state index contributed by atoms with van der Waals surface area (Å²) in [5.74, 6) is -0.115. The number of Topliss-reactive ketones (excluding diaryl/α,β-unsaturated/α-hetero) is 1. The van der Waals surface area contributed by atoms with Gasteiger partial charge in [0, 0.05) is 103 Å². The van der Waals surface area contributed by atoms with Gasteiger partial charge in [0.1, 0.15) is 60.8 Å². The number of nitrogens with one attached hydrogen (secondary N) is 3. The number of halogens is 7. The number of piperidine rings is 1. The Morgan fingerprint density at radius 3 is 1.13 bits per heavy atom. The van der Waals surface area contributed by atoms with Crippen molar-refractivity contribution >= 4 is 140 Å². The van der Waals surface area contributed by atoms with Crippen LogP contribution in [-0.2, 0) is 42.9 Å². The molecule has 0 bridgehead atoms. The number of aliphatic hydroxyl groups is 1. The molecule has 136 heavy (non-hydrogen) atoms. The number of rotatable bonds is 31. The molecule has 1 fully saturated rings. The standard InChI is InChI=1S/C25H22FNO4S.C25H22FNO3S.C20H31FN2O2S.C20H21NO4.C6H5FS.C3H5ClO2.C2H4Cl2.CH4.H3N.H2O.H3P/c26-22-11-5-6-12-23(22)32-15-16(13-24(28)29)27-25(30)31-14-21-19-9-3-1-7-17(19)18-8-2-4-10-20(18)21;26-23-11-5-6-12-24(23)31-16-17(13-14-28)27-25(29)30-15-22-20-9-3-1-7-18(20)19-8-2-4-10-21(19)22;1-20(2,3)25-19(24)15-8-11-23(12-9-15)13-10-16(22)14-26-18-7-5-4-6-17(18)21;1-13(23)10-14(11-22)21-20(24)25-12-19-17-8-4-2-6-15(17)16-7-3-5-9-18(16)19;7-5-3-1-2-4-6(5)8;1-2-6-3(4)5;3-1-2-4;;;;/h1-12,16,21H,13-15H2,(H,27,30)(H,28,29);1-12,14,17,22H,13,15-16H2,(H,27,29);4-7,15-16H,8-14,22H2,1-3H3;2-9,14,19,22H,10-12H2,1H3,(H,21,24);1-4,8H;2H2,1H3;1-2H2;1H4;1H3;1H2;1H3/t16-;17-;16-;14-;;;;;;;/m1111......./s1. The number of aliphatic hydroxyl groups excluding tert-OH is 1. The molecule has 3 aliphatic carbocycles. The van der Waals surface area contributed by atoms with Crippen LogP contribution in [0.4, 0.5) is 36.7 Å². The van der Waals surface area contributed by atoms with Crippen LogP contribution < -0.4 is 27.8 Å². The lowest BCUT2D eigenvalue weighted by molar-refractivity contribution is -0.161. The molecule has 734 valence electrons. The Morgan fingerprint density at radius 1 is 0.515 bits per heavy atom. The summed E-state index contributed by atoms with van der Waals surface area (Å²) in [6.45, 7) is 12.1. The first-order chi connectivity index (χ1) is 63.5. The van der Waals surface area contributed by atoms with Crippen molar-refractivity contribution in [1.82, 2.24) is 27.0 Å². The number of carboxylic acid groups (broad SMARTS) is 1. The normalized spacial score (nSPS) is 13.1. The van der Waals surface area contributed by atoms with Crippen molar-refractivity contribution in [3.8, 4) is 33.4 Å². The highest BCUT2D eigenvalue weighted by Crippen LogP contribution is 2.47. The molecule has 5 atom stereocenters. The number of alkyl halides is 2. The fraction of sp³-hybridized carbons (Fsp3) is 0.333. The van der Waals surface area contributed by atoms with E-state index in [-0.39, 0.29) is 145 Å². The molecular weight excluding hydrogens is 1910 g/mol. The zero-order valence-corrected chi connectivity index (χ0v) is 82.7. The number of nitrogens with zero attached hydrogens (tertiary/aromatic N) is 1. The van der Waals surface area contributed by atoms with Gasteiger partial charge in [0.25, 0.3) is 0 Å². The number of aldehydes is 1. The number of aliphatic carboxylic acids is 1. The number of likely N-dealkylation sites (tertiary alicyclic amines) is 1. The van der Waals surface area contributed by atoms with Gasteiger partial charge in [0.2, 0.25) is 0 Å². The van der Waals surface area contributed by atoms with E-state index in [2.05, 4.69) is 86.7 Å². The summed E-state index contributed by atoms with van der Waals surface area (Å²) in [7, 11) is 0. The molecule has 0 saturated carbocycles. The first kappa shape index (κ1) is 118. The van der Waals surface area contributed by atoms with Crippen LogP contribution in [0.15, 0.2) is 262 Å². The van der Waals surface area contributed by atoms with Crippen LogP contribution in [0.2, 0.25) is 0 Å². The second kappa shape index (κ2) is 62.7. The van der Waals surface area contributed by atoms with Gasteiger partial charge in [0.05, 0.1) is 37.6 Å². The smallest absolute Gasteiger partial charge is 0.407 e. The number of esters is 1. The lowest BCUT2D eigenvalue weighted by Crippen LogP contribution is -2.40. The van der Waals surface area contributed by atoms with Crippen LogP contribution in [0.5, 0.6) is 0 Å². The van der Waals surface area contributed by atoms with Crippen LogP contribution >= 0.6 is 92.6 Å². The number of hydrogen-bond donors (Lipinski definition) is 8. The van der Waals surface area contributed by atoms with Crippen molar-refractivity contribution in [3.63, 3.8) is 0 Å². The number of carbonyl (C=O) groups is 8. The Labute approximate surface area is 830 Å². The largest absolute Gasteiger partial charge is 0.481 e. The summed E-state index contributed by atoms with van der Waals surface area (Å²) in [5.41, 5.74) is 18.7. The Balaban J connectivity index is 0.000000354. The number of amides is 3. The van der Waals surface area contributed by atoms with Crippen molar-refractivity contribution < 1.29 is 95.3 Å². The molecule has 0 spiro atoms. The summed E-state index contributed by atoms with van der Waals surface area (Å²) < 4.78 is 79.6. The molecule has 1 saturated heterocycles. The molecule has 1 aliphatic heterocycles. The van der Waals surface area contributed by atoms with Crippen LogP contribution in [0.3, 0.4) is 0 Å². The van der Waals surface area contributed by atoms with E-state index in [0.717, 1.165) is 124 Å². The number of thioether (sulfide) groups is 3. The van der Waals surface area contributed by atoms with Crippen LogP contribution in [0.1, 0.15) is 132 Å². The summed E-state index contributed by atoms with van der Waals surface area (Å²) >= 11 is 22.5. The molecule has 0 radical (unpaired) electrons. The third kappa shape index (κ3) is 39.1. The van der Waals surface area contributed by atoms with Crippen LogP contribution in [0.25, 0.3) is 33.4 Å². The topological polar surface area (TPSA) is 355 Å². The van der Waals surface area contributed by atoms with Crippen LogP contribution in [0, 0.1) is 29.2 Å². The van der Waals surface area contributed by atoms with Crippen molar-refractivity contribution in [2.75, 3.05) is 81.7 Å². The molecule has 1 unspecified atom stereocenters. The number of alkyl carbamates (subject to hydrolysis) is 3. The van der Waals surface area contributed by atoms with E-state index in [9.17, 15) is 66.1 Å². The maximum Gasteiger partial charge on any atom is 0.407 e. The van der Waals surface area contributed by atoms with E-state index in [4.69, 9.17) is 59.5 Å². The number of carboxylic acids is 1. The lowest BCUT2D eigenvalue weighted by atomic mass is 9.96. The number of ketones is 1. The monoisotopic (exact) mass is 2030 g/mol. The number of fused-ring (bicyclic) bond motifs is 9. The molecule has 0 aromatic heterocycles. The molecule has 10 aromatic rings. The Bertz CT molecular complexity index is 5250. The summed E-state index contributed by atoms with van der Waals surface area (Å²) in [6, 6.07) is 72.6. The Kier molecular flexibility index (Phi) is 54.6. The van der Waals surface area contributed by atoms with Crippen molar-refractivity contribution in [2.24, 2.45) is 11.7 Å². The summed E-state index contributed by atoms with van der Waals surface area (Å²) in [5, 5.41) is 26.3. The third-order valence-corrected chi connectivity index (χ3v) is 25.4. The number of thiol groups is 1. The summed E-state index contributed by atoms with van der Waals surface area (Å²) in [4.78, 5) is 96.4. The maximum absolute atomic E-state index is 13.9. The first-order valence-corrected chi connectivity index (χ1v) is 47.7. The fourth-order valence-corrected chi connectivity index (χ4v) is 17.8. The highest BCUT2D eigenvalue weighted by atomic mass is 35.5. The van der Waals surface area contributed by atoms with Gasteiger partial charge in [0.15, 0.2) is 0 Å². The molecule has 34 heteroatoms. The van der Waals surface area contributed by atoms with E-state index in [1.54, 1.807) is 73.7 Å². The van der Waals surface area contributed by atoms with Gasteiger partial charge in [-0.15, -0.1) is 71.1 Å². The maximum atomic E-state index is 13.9. The predicted octanol–water partition coefficient (Wildman–Crippen LogP) is 22.3. The molecule has 14 rings (SSSR count). The van der Waals surface area contributed by atoms with Gasteiger partial charge < -0.3 is 76.9 Å². The van der Waals surface area contributed by atoms with Gasteiger partial charge in [-0.05, 0) is 189 Å². The number of nitrogens with two attached hydrogens (primary N) is 1. The molecular formula is C102H122Cl3F4N6O16PS4. The third-order valence-electron chi connectivity index (χ3n) is 20.7. The molecule has 22 nitrogen and oxygen atoms in total. The molecule has 12 N–H and O–H groups in total. The fourth-order valence-electron chi connectivity index (χ4n) is 14.6. The van der Waals surface area contributed by atoms with Gasteiger partial charge in [-0.1, -0.05) is 202 Å². The number of hydrogen-bond acceptors (Lipinski definition) is 21. The molecule has 1 heterocycles. The van der Waals surface area contributed by atoms with E-state index in [1.807, 2.05) is 124 Å². The number of carbonyl (C=O) groups excluding carboxylic acids is 7. The minimum atomic E-state index is -1.05. The van der Waals surface area contributed by atoms with Crippen molar-refractivity contribution in [3.05, 3.63) is 299 Å². The van der Waals surface area contributed by atoms with Crippen molar-refractivity contribution in [1.29, 1.82) is 0 Å². The van der Waals surface area contributed by atoms with E-state index in [0.29, 0.717) is 49.5 Å². The van der Waals surface area contributed by atoms with Crippen LogP contribution in [-0.4, -0.2) is 180 Å². The first-order valence-electron chi connectivity index (χ1n) is 42.8. The molecule has 4 aliphatic rings.